The molecule has 3 aromatic rings. The number of nitrogens with one attached hydrogen (secondary N) is 4. The zero-order valence-electron chi connectivity index (χ0n) is 20.8. The number of carbonyl (C=O) groups excluding carboxylic acids is 1. The monoisotopic (exact) mass is 717 g/mol. The topological polar surface area (TPSA) is 131 Å². The van der Waals surface area contributed by atoms with Crippen LogP contribution in [0.1, 0.15) is 15.9 Å². The highest BCUT2D eigenvalue weighted by Crippen LogP contribution is 2.39. The summed E-state index contributed by atoms with van der Waals surface area (Å²) in [5.41, 5.74) is -1.84. The van der Waals surface area contributed by atoms with Crippen LogP contribution in [0.25, 0.3) is 0 Å². The van der Waals surface area contributed by atoms with E-state index in [-0.39, 0.29) is 33.5 Å². The second-order valence-electron chi connectivity index (χ2n) is 8.12. The molecular formula is C23H21ClF4IN5O5S. The van der Waals surface area contributed by atoms with Crippen LogP contribution in [0.3, 0.4) is 0 Å². The van der Waals surface area contributed by atoms with Crippen LogP contribution in [-0.4, -0.2) is 38.7 Å². The largest absolute Gasteiger partial charge is 0.454 e. The number of aromatic nitrogens is 1. The molecule has 0 aliphatic carbocycles. The van der Waals surface area contributed by atoms with E-state index in [4.69, 9.17) is 16.3 Å². The van der Waals surface area contributed by atoms with Gasteiger partial charge in [0.1, 0.15) is 34.5 Å². The van der Waals surface area contributed by atoms with Gasteiger partial charge in [0.2, 0.25) is 0 Å². The van der Waals surface area contributed by atoms with Crippen molar-refractivity contribution in [2.24, 2.45) is 7.05 Å². The number of anilines is 3. The maximum Gasteiger partial charge on any atom is 0.405 e. The van der Waals surface area contributed by atoms with Crippen LogP contribution >= 0.6 is 34.2 Å². The van der Waals surface area contributed by atoms with E-state index in [0.717, 1.165) is 17.7 Å². The average molecular weight is 718 g/mol. The molecule has 10 nitrogen and oxygen atoms in total. The summed E-state index contributed by atoms with van der Waals surface area (Å²) in [6, 6.07) is 7.91. The molecule has 216 valence electrons. The van der Waals surface area contributed by atoms with E-state index in [1.807, 2.05) is 27.3 Å². The summed E-state index contributed by atoms with van der Waals surface area (Å²) in [5, 5.41) is 4.04. The predicted molar refractivity (Wildman–Crippen MR) is 150 cm³/mol. The van der Waals surface area contributed by atoms with Crippen LogP contribution in [0.4, 0.5) is 34.8 Å². The van der Waals surface area contributed by atoms with E-state index in [9.17, 15) is 35.6 Å². The van der Waals surface area contributed by atoms with Crippen molar-refractivity contribution in [2.75, 3.05) is 23.6 Å². The van der Waals surface area contributed by atoms with Crippen molar-refractivity contribution in [3.05, 3.63) is 72.3 Å². The smallest absolute Gasteiger partial charge is 0.405 e. The van der Waals surface area contributed by atoms with E-state index in [0.29, 0.717) is 3.57 Å². The molecule has 0 radical (unpaired) electrons. The number of amides is 1. The molecular weight excluding hydrogens is 697 g/mol. The molecule has 0 aliphatic rings. The summed E-state index contributed by atoms with van der Waals surface area (Å²) in [4.78, 5) is 26.3. The lowest BCUT2D eigenvalue weighted by Crippen LogP contribution is -2.36. The maximum absolute atomic E-state index is 14.7. The summed E-state index contributed by atoms with van der Waals surface area (Å²) in [6.07, 6.45) is -4.77. The first-order valence-electron chi connectivity index (χ1n) is 11.0. The van der Waals surface area contributed by atoms with Gasteiger partial charge in [-0.3, -0.25) is 18.9 Å². The number of rotatable bonds is 9. The molecule has 0 unspecified atom stereocenters. The van der Waals surface area contributed by atoms with Crippen LogP contribution in [-0.2, 0) is 17.3 Å². The number of nitrogens with zero attached hydrogens (tertiary/aromatic N) is 1. The third-order valence-corrected chi connectivity index (χ3v) is 7.40. The SMILES string of the molecule is CNS(=O)(=O)Nc1cccc(Oc2c(C(=O)NCC(F)(F)F)c(Nc3ccc(I)cc3F)n(C)c(=O)c2C)c1Cl. The van der Waals surface area contributed by atoms with Gasteiger partial charge in [-0.1, -0.05) is 17.7 Å². The van der Waals surface area contributed by atoms with Gasteiger partial charge in [0.05, 0.1) is 16.9 Å². The van der Waals surface area contributed by atoms with E-state index in [2.05, 4.69) is 10.0 Å². The summed E-state index contributed by atoms with van der Waals surface area (Å²) in [5.74, 6) is -3.19. The lowest BCUT2D eigenvalue weighted by molar-refractivity contribution is -0.123. The minimum Gasteiger partial charge on any atom is -0.454 e. The standard InChI is InChI=1S/C23H21ClF4IN5O5S/c1-11-19(39-16-6-4-5-15(18(16)24)33-40(37,38)30-2)17(21(35)31-10-23(26,27)28)20(34(3)22(11)36)32-14-8-7-12(29)9-13(14)25/h4-9,30,32-33H,10H2,1-3H3,(H,31,35). The average Bonchev–Trinajstić information content (AvgIpc) is 2.87. The molecule has 0 fully saturated rings. The second kappa shape index (κ2) is 12.2. The fraction of sp³-hybridized carbons (Fsp3) is 0.217. The molecule has 0 bridgehead atoms. The summed E-state index contributed by atoms with van der Waals surface area (Å²) in [6.45, 7) is -0.457. The Hall–Kier alpha value is -3.09. The number of alkyl halides is 3. The van der Waals surface area contributed by atoms with Crippen molar-refractivity contribution in [1.82, 2.24) is 14.6 Å². The van der Waals surface area contributed by atoms with Crippen LogP contribution in [0.5, 0.6) is 11.5 Å². The Balaban J connectivity index is 2.24. The zero-order chi connectivity index (χ0) is 30.0. The Morgan fingerprint density at radius 2 is 1.85 bits per heavy atom. The fourth-order valence-corrected chi connectivity index (χ4v) is 4.64. The van der Waals surface area contributed by atoms with Gasteiger partial charge < -0.3 is 15.4 Å². The van der Waals surface area contributed by atoms with Crippen molar-refractivity contribution in [3.8, 4) is 11.5 Å². The Labute approximate surface area is 244 Å². The number of hydrogen-bond donors (Lipinski definition) is 4. The van der Waals surface area contributed by atoms with Gasteiger partial charge in [-0.05, 0) is 59.8 Å². The van der Waals surface area contributed by atoms with Gasteiger partial charge in [0, 0.05) is 17.7 Å². The third-order valence-electron chi connectivity index (χ3n) is 5.31. The van der Waals surface area contributed by atoms with Crippen LogP contribution in [0, 0.1) is 16.3 Å². The van der Waals surface area contributed by atoms with Crippen molar-refractivity contribution >= 4 is 67.5 Å². The Morgan fingerprint density at radius 1 is 1.18 bits per heavy atom. The first kappa shape index (κ1) is 31.4. The molecule has 4 N–H and O–H groups in total. The molecule has 0 atom stereocenters. The van der Waals surface area contributed by atoms with Crippen molar-refractivity contribution in [3.63, 3.8) is 0 Å². The van der Waals surface area contributed by atoms with Gasteiger partial charge in [0.15, 0.2) is 5.75 Å². The van der Waals surface area contributed by atoms with E-state index in [1.54, 1.807) is 5.32 Å². The van der Waals surface area contributed by atoms with Gasteiger partial charge in [0.25, 0.3) is 21.7 Å². The van der Waals surface area contributed by atoms with E-state index in [1.165, 1.54) is 44.3 Å². The number of pyridine rings is 1. The molecule has 1 amide bonds. The van der Waals surface area contributed by atoms with Crippen LogP contribution < -0.4 is 30.4 Å². The highest BCUT2D eigenvalue weighted by atomic mass is 127. The number of benzene rings is 2. The van der Waals surface area contributed by atoms with Crippen molar-refractivity contribution < 1.29 is 35.5 Å². The molecule has 1 aromatic heterocycles. The Bertz CT molecular complexity index is 1630. The zero-order valence-corrected chi connectivity index (χ0v) is 24.6. The predicted octanol–water partition coefficient (Wildman–Crippen LogP) is 4.79. The number of halogens is 6. The van der Waals surface area contributed by atoms with Gasteiger partial charge in [-0.25, -0.2) is 9.11 Å². The highest BCUT2D eigenvalue weighted by Gasteiger charge is 2.32. The summed E-state index contributed by atoms with van der Waals surface area (Å²) >= 11 is 8.19. The van der Waals surface area contributed by atoms with Crippen molar-refractivity contribution in [2.45, 2.75) is 13.1 Å². The van der Waals surface area contributed by atoms with Gasteiger partial charge in [-0.2, -0.15) is 21.6 Å². The quantitative estimate of drug-likeness (QED) is 0.186. The summed E-state index contributed by atoms with van der Waals surface area (Å²) in [7, 11) is -1.63. The maximum atomic E-state index is 14.7. The van der Waals surface area contributed by atoms with Crippen LogP contribution in [0.15, 0.2) is 41.2 Å². The third kappa shape index (κ3) is 7.35. The van der Waals surface area contributed by atoms with Gasteiger partial charge >= 0.3 is 6.18 Å². The Kier molecular flexibility index (Phi) is 9.58. The van der Waals surface area contributed by atoms with Crippen molar-refractivity contribution in [1.29, 1.82) is 0 Å². The fourth-order valence-electron chi connectivity index (χ4n) is 3.36. The number of ether oxygens (including phenoxy) is 1. The lowest BCUT2D eigenvalue weighted by atomic mass is 10.1. The Morgan fingerprint density at radius 3 is 2.45 bits per heavy atom. The molecule has 40 heavy (non-hydrogen) atoms. The molecule has 2 aromatic carbocycles. The summed E-state index contributed by atoms with van der Waals surface area (Å²) < 4.78 is 88.9. The number of carbonyl (C=O) groups is 1. The second-order valence-corrected chi connectivity index (χ2v) is 11.4. The molecule has 1 heterocycles. The normalized spacial score (nSPS) is 11.7. The van der Waals surface area contributed by atoms with Gasteiger partial charge in [-0.15, -0.1) is 0 Å². The lowest BCUT2D eigenvalue weighted by Gasteiger charge is -2.22. The van der Waals surface area contributed by atoms with E-state index >= 15 is 0 Å². The highest BCUT2D eigenvalue weighted by molar-refractivity contribution is 14.1. The molecule has 0 aliphatic heterocycles. The van der Waals surface area contributed by atoms with E-state index < -0.39 is 51.5 Å². The minimum absolute atomic E-state index is 0.141. The molecule has 0 saturated carbocycles. The molecule has 0 saturated heterocycles. The number of hydrogen-bond acceptors (Lipinski definition) is 6. The van der Waals surface area contributed by atoms with Crippen LogP contribution in [0.2, 0.25) is 5.02 Å². The first-order chi connectivity index (χ1) is 18.5. The first-order valence-corrected chi connectivity index (χ1v) is 14.0. The molecule has 3 rings (SSSR count). The minimum atomic E-state index is -4.77. The molecule has 17 heteroatoms. The molecule has 0 spiro atoms.